The third-order valence-electron chi connectivity index (χ3n) is 4.40. The number of alkyl carbamates (subject to hydrolysis) is 1. The van der Waals surface area contributed by atoms with E-state index >= 15 is 0 Å². The number of nitrogens with zero attached hydrogens (tertiary/aromatic N) is 1. The fraction of sp³-hybridized carbons (Fsp3) is 0.579. The van der Waals surface area contributed by atoms with Gasteiger partial charge in [0, 0.05) is 12.1 Å². The van der Waals surface area contributed by atoms with Crippen molar-refractivity contribution in [2.24, 2.45) is 5.92 Å². The molecule has 3 atom stereocenters. The molecular weight excluding hydrogens is 320 g/mol. The molecule has 1 unspecified atom stereocenters. The van der Waals surface area contributed by atoms with Gasteiger partial charge in [0.15, 0.2) is 6.23 Å². The third kappa shape index (κ3) is 4.51. The summed E-state index contributed by atoms with van der Waals surface area (Å²) < 4.78 is 5.28. The number of aliphatic hydroxyl groups excluding tert-OH is 1. The van der Waals surface area contributed by atoms with Gasteiger partial charge in [-0.2, -0.15) is 0 Å². The van der Waals surface area contributed by atoms with Crippen LogP contribution in [0.5, 0.6) is 0 Å². The molecule has 0 aliphatic carbocycles. The summed E-state index contributed by atoms with van der Waals surface area (Å²) in [6, 6.07) is 6.67. The molecule has 0 spiro atoms. The Kier molecular flexibility index (Phi) is 5.72. The Morgan fingerprint density at radius 2 is 2.00 bits per heavy atom. The maximum Gasteiger partial charge on any atom is 0.408 e. The van der Waals surface area contributed by atoms with Gasteiger partial charge in [0.1, 0.15) is 11.6 Å². The predicted molar refractivity (Wildman–Crippen MR) is 94.6 cm³/mol. The first-order valence-corrected chi connectivity index (χ1v) is 8.70. The molecule has 0 saturated carbocycles. The first-order valence-electron chi connectivity index (χ1n) is 8.70. The van der Waals surface area contributed by atoms with E-state index in [0.717, 1.165) is 11.1 Å². The van der Waals surface area contributed by atoms with Gasteiger partial charge in [-0.25, -0.2) is 4.79 Å². The Labute approximate surface area is 149 Å². The molecule has 2 amide bonds. The molecule has 1 aromatic carbocycles. The Balaban J connectivity index is 2.16. The molecule has 0 saturated heterocycles. The number of aliphatic hydroxyl groups is 1. The van der Waals surface area contributed by atoms with Gasteiger partial charge >= 0.3 is 6.09 Å². The fourth-order valence-electron chi connectivity index (χ4n) is 2.86. The maximum absolute atomic E-state index is 13.0. The lowest BCUT2D eigenvalue weighted by Gasteiger charge is -2.30. The molecule has 0 bridgehead atoms. The lowest BCUT2D eigenvalue weighted by Crippen LogP contribution is -2.52. The van der Waals surface area contributed by atoms with Crippen LogP contribution in [0.2, 0.25) is 0 Å². The number of amides is 2. The zero-order valence-corrected chi connectivity index (χ0v) is 15.6. The number of ether oxygens (including phenoxy) is 1. The van der Waals surface area contributed by atoms with Crippen molar-refractivity contribution in [1.29, 1.82) is 0 Å². The number of carbonyl (C=O) groups excluding carboxylic acids is 2. The Hall–Kier alpha value is -2.08. The van der Waals surface area contributed by atoms with Crippen LogP contribution in [0.25, 0.3) is 0 Å². The van der Waals surface area contributed by atoms with Crippen LogP contribution in [0, 0.1) is 5.92 Å². The van der Waals surface area contributed by atoms with E-state index in [9.17, 15) is 14.7 Å². The molecule has 0 radical (unpaired) electrons. The molecule has 1 aromatic rings. The number of hydrogen-bond donors (Lipinski definition) is 2. The van der Waals surface area contributed by atoms with Crippen LogP contribution in [0.4, 0.5) is 4.79 Å². The molecule has 0 fully saturated rings. The van der Waals surface area contributed by atoms with Crippen molar-refractivity contribution in [3.63, 3.8) is 0 Å². The predicted octanol–water partition coefficient (Wildman–Crippen LogP) is 2.96. The largest absolute Gasteiger partial charge is 0.444 e. The summed E-state index contributed by atoms with van der Waals surface area (Å²) in [6.07, 6.45) is -0.906. The van der Waals surface area contributed by atoms with E-state index in [-0.39, 0.29) is 11.8 Å². The summed E-state index contributed by atoms with van der Waals surface area (Å²) in [4.78, 5) is 26.6. The highest BCUT2D eigenvalue weighted by atomic mass is 16.6. The summed E-state index contributed by atoms with van der Waals surface area (Å²) >= 11 is 0. The van der Waals surface area contributed by atoms with Crippen molar-refractivity contribution in [2.45, 2.75) is 65.5 Å². The maximum atomic E-state index is 13.0. The number of benzene rings is 1. The summed E-state index contributed by atoms with van der Waals surface area (Å²) in [5.74, 6) is -0.389. The Morgan fingerprint density at radius 1 is 1.36 bits per heavy atom. The topological polar surface area (TPSA) is 78.9 Å². The zero-order valence-electron chi connectivity index (χ0n) is 15.6. The van der Waals surface area contributed by atoms with Crippen LogP contribution in [0.15, 0.2) is 24.3 Å². The van der Waals surface area contributed by atoms with Crippen LogP contribution < -0.4 is 5.32 Å². The zero-order chi connectivity index (χ0) is 18.8. The second-order valence-electron chi connectivity index (χ2n) is 7.55. The van der Waals surface area contributed by atoms with Crippen molar-refractivity contribution in [2.75, 3.05) is 0 Å². The number of rotatable bonds is 4. The number of nitrogens with one attached hydrogen (secondary N) is 1. The number of hydrogen-bond acceptors (Lipinski definition) is 4. The molecule has 0 aromatic heterocycles. The van der Waals surface area contributed by atoms with E-state index in [1.54, 1.807) is 20.8 Å². The normalized spacial score (nSPS) is 19.1. The van der Waals surface area contributed by atoms with Gasteiger partial charge < -0.3 is 20.1 Å². The van der Waals surface area contributed by atoms with Crippen LogP contribution in [-0.4, -0.2) is 33.6 Å². The van der Waals surface area contributed by atoms with E-state index in [1.165, 1.54) is 4.90 Å². The van der Waals surface area contributed by atoms with Crippen molar-refractivity contribution in [3.05, 3.63) is 35.4 Å². The smallest absolute Gasteiger partial charge is 0.408 e. The first-order chi connectivity index (χ1) is 11.6. The molecule has 2 N–H and O–H groups in total. The number of carbonyl (C=O) groups is 2. The van der Waals surface area contributed by atoms with E-state index < -0.39 is 24.0 Å². The van der Waals surface area contributed by atoms with Gasteiger partial charge in [-0.05, 0) is 32.3 Å². The molecule has 1 aliphatic rings. The highest BCUT2D eigenvalue weighted by Crippen LogP contribution is 2.32. The second kappa shape index (κ2) is 7.44. The van der Waals surface area contributed by atoms with E-state index in [0.29, 0.717) is 13.0 Å². The SMILES string of the molecule is CC[C@H](C)[C@H](NC(=O)OC(C)(C)C)C(=O)N1Cc2ccccc2C1O. The highest BCUT2D eigenvalue weighted by molar-refractivity contribution is 5.86. The minimum absolute atomic E-state index is 0.0871. The summed E-state index contributed by atoms with van der Waals surface area (Å²) in [5, 5.41) is 13.2. The Morgan fingerprint density at radius 3 is 2.56 bits per heavy atom. The summed E-state index contributed by atoms with van der Waals surface area (Å²) in [6.45, 7) is 9.50. The minimum Gasteiger partial charge on any atom is -0.444 e. The van der Waals surface area contributed by atoms with Gasteiger partial charge in [-0.15, -0.1) is 0 Å². The van der Waals surface area contributed by atoms with E-state index in [2.05, 4.69) is 5.32 Å². The summed E-state index contributed by atoms with van der Waals surface area (Å²) in [7, 11) is 0. The van der Waals surface area contributed by atoms with Crippen molar-refractivity contribution in [1.82, 2.24) is 10.2 Å². The van der Waals surface area contributed by atoms with Gasteiger partial charge in [0.05, 0.1) is 0 Å². The first kappa shape index (κ1) is 19.2. The van der Waals surface area contributed by atoms with Crippen molar-refractivity contribution < 1.29 is 19.4 Å². The lowest BCUT2D eigenvalue weighted by molar-refractivity contribution is -0.144. The lowest BCUT2D eigenvalue weighted by atomic mass is 9.98. The quantitative estimate of drug-likeness (QED) is 0.877. The minimum atomic E-state index is -0.990. The van der Waals surface area contributed by atoms with E-state index in [1.807, 2.05) is 38.1 Å². The van der Waals surface area contributed by atoms with Crippen molar-refractivity contribution in [3.8, 4) is 0 Å². The van der Waals surface area contributed by atoms with Crippen LogP contribution >= 0.6 is 0 Å². The molecule has 6 nitrogen and oxygen atoms in total. The average Bonchev–Trinajstić information content (AvgIpc) is 2.87. The molecule has 1 aliphatic heterocycles. The van der Waals surface area contributed by atoms with Crippen LogP contribution in [0.1, 0.15) is 58.4 Å². The third-order valence-corrected chi connectivity index (χ3v) is 4.40. The van der Waals surface area contributed by atoms with Gasteiger partial charge in [0.25, 0.3) is 0 Å². The van der Waals surface area contributed by atoms with Gasteiger partial charge in [-0.3, -0.25) is 4.79 Å². The number of fused-ring (bicyclic) bond motifs is 1. The van der Waals surface area contributed by atoms with Gasteiger partial charge in [-0.1, -0.05) is 44.5 Å². The molecule has 6 heteroatoms. The standard InChI is InChI=1S/C19H28N2O4/c1-6-12(2)15(20-18(24)25-19(3,4)5)17(23)21-11-13-9-7-8-10-14(13)16(21)22/h7-10,12,15-16,22H,6,11H2,1-5H3,(H,20,24)/t12-,15-,16?/m0/s1. The second-order valence-corrected chi connectivity index (χ2v) is 7.55. The Bertz CT molecular complexity index is 639. The van der Waals surface area contributed by atoms with E-state index in [4.69, 9.17) is 4.74 Å². The van der Waals surface area contributed by atoms with Gasteiger partial charge in [0.2, 0.25) is 5.91 Å². The summed E-state index contributed by atoms with van der Waals surface area (Å²) in [5.41, 5.74) is 1.01. The molecule has 2 rings (SSSR count). The van der Waals surface area contributed by atoms with Crippen molar-refractivity contribution >= 4 is 12.0 Å². The monoisotopic (exact) mass is 348 g/mol. The van der Waals surface area contributed by atoms with Crippen LogP contribution in [0.3, 0.4) is 0 Å². The average molecular weight is 348 g/mol. The van der Waals surface area contributed by atoms with Crippen LogP contribution in [-0.2, 0) is 16.1 Å². The highest BCUT2D eigenvalue weighted by Gasteiger charge is 2.38. The molecule has 25 heavy (non-hydrogen) atoms. The molecule has 138 valence electrons. The molecular formula is C19H28N2O4. The molecule has 1 heterocycles. The fourth-order valence-corrected chi connectivity index (χ4v) is 2.86.